The number of rotatable bonds is 5. The van der Waals surface area contributed by atoms with Crippen LogP contribution >= 0.6 is 0 Å². The van der Waals surface area contributed by atoms with Gasteiger partial charge in [0.05, 0.1) is 17.7 Å². The van der Waals surface area contributed by atoms with Gasteiger partial charge in [0.2, 0.25) is 5.88 Å². The van der Waals surface area contributed by atoms with Crippen molar-refractivity contribution in [2.45, 2.75) is 12.5 Å². The summed E-state index contributed by atoms with van der Waals surface area (Å²) >= 11 is 0. The van der Waals surface area contributed by atoms with E-state index in [2.05, 4.69) is 4.98 Å². The molecule has 130 valence electrons. The molecule has 0 aliphatic carbocycles. The maximum atomic E-state index is 12.3. The van der Waals surface area contributed by atoms with E-state index in [4.69, 9.17) is 20.0 Å². The van der Waals surface area contributed by atoms with Gasteiger partial charge in [-0.1, -0.05) is 12.1 Å². The molecule has 7 heteroatoms. The number of para-hydroxylation sites is 1. The minimum Gasteiger partial charge on any atom is -0.482 e. The van der Waals surface area contributed by atoms with Gasteiger partial charge in [0.1, 0.15) is 24.0 Å². The highest BCUT2D eigenvalue weighted by Gasteiger charge is 2.28. The molecule has 0 bridgehead atoms. The highest BCUT2D eigenvalue weighted by atomic mass is 16.5. The maximum Gasteiger partial charge on any atom is 0.260 e. The van der Waals surface area contributed by atoms with Crippen molar-refractivity contribution in [3.05, 3.63) is 53.7 Å². The lowest BCUT2D eigenvalue weighted by Crippen LogP contribution is -2.34. The number of hydrogen-bond acceptors (Lipinski definition) is 6. The first-order valence-electron chi connectivity index (χ1n) is 8.12. The van der Waals surface area contributed by atoms with E-state index >= 15 is 0 Å². The van der Waals surface area contributed by atoms with E-state index in [1.54, 1.807) is 41.3 Å². The van der Waals surface area contributed by atoms with Crippen LogP contribution < -0.4 is 9.47 Å². The predicted octanol–water partition coefficient (Wildman–Crippen LogP) is 1.88. The number of carbonyl (C=O) groups excluding carboxylic acids is 1. The van der Waals surface area contributed by atoms with Crippen LogP contribution in [0, 0.1) is 22.7 Å². The van der Waals surface area contributed by atoms with Crippen molar-refractivity contribution >= 4 is 5.91 Å². The summed E-state index contributed by atoms with van der Waals surface area (Å²) in [5.74, 6) is 0.677. The Morgan fingerprint density at radius 1 is 1.23 bits per heavy atom. The van der Waals surface area contributed by atoms with E-state index in [9.17, 15) is 4.79 Å². The van der Waals surface area contributed by atoms with Gasteiger partial charge in [0.15, 0.2) is 6.61 Å². The van der Waals surface area contributed by atoms with Gasteiger partial charge in [-0.2, -0.15) is 10.5 Å². The number of amides is 1. The van der Waals surface area contributed by atoms with Crippen molar-refractivity contribution in [2.75, 3.05) is 19.7 Å². The zero-order valence-corrected chi connectivity index (χ0v) is 14.0. The molecule has 1 atom stereocenters. The van der Waals surface area contributed by atoms with Crippen LogP contribution in [0.3, 0.4) is 0 Å². The number of likely N-dealkylation sites (tertiary alicyclic amines) is 1. The second-order valence-electron chi connectivity index (χ2n) is 5.76. The summed E-state index contributed by atoms with van der Waals surface area (Å²) in [6.07, 6.45) is 2.00. The zero-order valence-electron chi connectivity index (χ0n) is 14.0. The molecule has 1 aliphatic rings. The molecule has 1 saturated heterocycles. The molecule has 1 unspecified atom stereocenters. The van der Waals surface area contributed by atoms with Crippen molar-refractivity contribution in [3.8, 4) is 23.8 Å². The van der Waals surface area contributed by atoms with E-state index in [0.717, 1.165) is 0 Å². The van der Waals surface area contributed by atoms with Crippen molar-refractivity contribution < 1.29 is 14.3 Å². The van der Waals surface area contributed by atoms with Crippen LogP contribution in [0.1, 0.15) is 17.5 Å². The Bertz CT molecular complexity index is 868. The first-order chi connectivity index (χ1) is 12.7. The molecular formula is C19H16N4O3. The average molecular weight is 348 g/mol. The summed E-state index contributed by atoms with van der Waals surface area (Å²) in [6.45, 7) is 0.896. The van der Waals surface area contributed by atoms with Crippen molar-refractivity contribution in [1.82, 2.24) is 9.88 Å². The zero-order chi connectivity index (χ0) is 18.4. The summed E-state index contributed by atoms with van der Waals surface area (Å²) in [7, 11) is 0. The van der Waals surface area contributed by atoms with Crippen LogP contribution in [0.25, 0.3) is 0 Å². The lowest BCUT2D eigenvalue weighted by atomic mass is 10.2. The number of pyridine rings is 1. The lowest BCUT2D eigenvalue weighted by Gasteiger charge is -2.17. The molecule has 0 spiro atoms. The van der Waals surface area contributed by atoms with Crippen molar-refractivity contribution in [3.63, 3.8) is 0 Å². The number of benzene rings is 1. The Kier molecular flexibility index (Phi) is 5.31. The normalized spacial score (nSPS) is 15.8. The molecule has 1 fully saturated rings. The number of carbonyl (C=O) groups is 1. The van der Waals surface area contributed by atoms with Crippen molar-refractivity contribution in [1.29, 1.82) is 10.5 Å². The highest BCUT2D eigenvalue weighted by Crippen LogP contribution is 2.19. The molecule has 1 aromatic carbocycles. The van der Waals surface area contributed by atoms with E-state index in [-0.39, 0.29) is 18.6 Å². The molecule has 0 N–H and O–H groups in total. The molecular weight excluding hydrogens is 332 g/mol. The van der Waals surface area contributed by atoms with Gasteiger partial charge in [-0.15, -0.1) is 0 Å². The fourth-order valence-electron chi connectivity index (χ4n) is 2.65. The number of hydrogen-bond donors (Lipinski definition) is 0. The summed E-state index contributed by atoms with van der Waals surface area (Å²) in [5, 5.41) is 17.8. The van der Waals surface area contributed by atoms with E-state index in [0.29, 0.717) is 42.3 Å². The van der Waals surface area contributed by atoms with Gasteiger partial charge >= 0.3 is 0 Å². The Balaban J connectivity index is 1.51. The smallest absolute Gasteiger partial charge is 0.260 e. The molecule has 0 radical (unpaired) electrons. The third-order valence-corrected chi connectivity index (χ3v) is 4.01. The maximum absolute atomic E-state index is 12.3. The van der Waals surface area contributed by atoms with Gasteiger partial charge in [0, 0.05) is 25.2 Å². The summed E-state index contributed by atoms with van der Waals surface area (Å²) in [5.41, 5.74) is 0.866. The van der Waals surface area contributed by atoms with Gasteiger partial charge in [0.25, 0.3) is 5.91 Å². The molecule has 0 saturated carbocycles. The molecule has 2 aromatic rings. The van der Waals surface area contributed by atoms with Crippen LogP contribution in [-0.2, 0) is 4.79 Å². The second-order valence-corrected chi connectivity index (χ2v) is 5.76. The summed E-state index contributed by atoms with van der Waals surface area (Å²) in [4.78, 5) is 18.1. The third kappa shape index (κ3) is 4.08. The largest absolute Gasteiger partial charge is 0.482 e. The molecule has 26 heavy (non-hydrogen) atoms. The van der Waals surface area contributed by atoms with E-state index < -0.39 is 0 Å². The fraction of sp³-hybridized carbons (Fsp3) is 0.263. The van der Waals surface area contributed by atoms with Crippen LogP contribution in [-0.4, -0.2) is 41.6 Å². The third-order valence-electron chi connectivity index (χ3n) is 4.01. The first kappa shape index (κ1) is 17.2. The number of ether oxygens (including phenoxy) is 2. The van der Waals surface area contributed by atoms with Gasteiger partial charge in [-0.05, 0) is 18.2 Å². The van der Waals surface area contributed by atoms with Crippen LogP contribution in [0.5, 0.6) is 11.6 Å². The topological polar surface area (TPSA) is 99.2 Å². The average Bonchev–Trinajstić information content (AvgIpc) is 3.15. The monoisotopic (exact) mass is 348 g/mol. The minimum absolute atomic E-state index is 0.124. The quantitative estimate of drug-likeness (QED) is 0.818. The van der Waals surface area contributed by atoms with Gasteiger partial charge < -0.3 is 14.4 Å². The standard InChI is InChI=1S/C19H16N4O3/c20-9-14-5-6-18(22-11-14)26-16-7-8-23(12-16)19(24)13-25-17-4-2-1-3-15(17)10-21/h1-6,11,16H,7-8,12-13H2. The minimum atomic E-state index is -0.156. The van der Waals surface area contributed by atoms with Crippen molar-refractivity contribution in [2.24, 2.45) is 0 Å². The van der Waals surface area contributed by atoms with E-state index in [1.165, 1.54) is 6.20 Å². The van der Waals surface area contributed by atoms with Crippen LogP contribution in [0.15, 0.2) is 42.6 Å². The SMILES string of the molecule is N#Cc1ccc(OC2CCN(C(=O)COc3ccccc3C#N)C2)nc1. The highest BCUT2D eigenvalue weighted by molar-refractivity contribution is 5.78. The first-order valence-corrected chi connectivity index (χ1v) is 8.12. The Morgan fingerprint density at radius 2 is 2.08 bits per heavy atom. The number of nitriles is 2. The Morgan fingerprint density at radius 3 is 2.81 bits per heavy atom. The molecule has 1 aromatic heterocycles. The second kappa shape index (κ2) is 8.00. The molecule has 1 amide bonds. The Hall–Kier alpha value is -3.58. The number of aromatic nitrogens is 1. The molecule has 7 nitrogen and oxygen atoms in total. The molecule has 1 aliphatic heterocycles. The summed E-state index contributed by atoms with van der Waals surface area (Å²) < 4.78 is 11.2. The number of nitrogens with zero attached hydrogens (tertiary/aromatic N) is 4. The summed E-state index contributed by atoms with van der Waals surface area (Å²) in [6, 6.07) is 14.1. The van der Waals surface area contributed by atoms with Crippen LogP contribution in [0.2, 0.25) is 0 Å². The molecule has 2 heterocycles. The van der Waals surface area contributed by atoms with Gasteiger partial charge in [-0.3, -0.25) is 4.79 Å². The van der Waals surface area contributed by atoms with Crippen LogP contribution in [0.4, 0.5) is 0 Å². The predicted molar refractivity (Wildman–Crippen MR) is 91.2 cm³/mol. The van der Waals surface area contributed by atoms with Gasteiger partial charge in [-0.25, -0.2) is 4.98 Å². The Labute approximate surface area is 151 Å². The lowest BCUT2D eigenvalue weighted by molar-refractivity contribution is -0.132. The van der Waals surface area contributed by atoms with E-state index in [1.807, 2.05) is 12.1 Å². The molecule has 3 rings (SSSR count). The fourth-order valence-corrected chi connectivity index (χ4v) is 2.65.